The third-order valence-corrected chi connectivity index (χ3v) is 5.33. The van der Waals surface area contributed by atoms with Crippen molar-refractivity contribution in [3.63, 3.8) is 0 Å². The highest BCUT2D eigenvalue weighted by Crippen LogP contribution is 2.35. The lowest BCUT2D eigenvalue weighted by Gasteiger charge is -2.24. The lowest BCUT2D eigenvalue weighted by molar-refractivity contribution is -0.132. The van der Waals surface area contributed by atoms with E-state index in [1.807, 2.05) is 0 Å². The topological polar surface area (TPSA) is 92.8 Å². The third-order valence-electron chi connectivity index (χ3n) is 5.33. The summed E-state index contributed by atoms with van der Waals surface area (Å²) in [5.41, 5.74) is 1.98. The summed E-state index contributed by atoms with van der Waals surface area (Å²) >= 11 is 0. The van der Waals surface area contributed by atoms with Gasteiger partial charge < -0.3 is 9.64 Å². The minimum Gasteiger partial charge on any atom is -0.488 e. The van der Waals surface area contributed by atoms with Gasteiger partial charge in [0.15, 0.2) is 0 Å². The highest BCUT2D eigenvalue weighted by Gasteiger charge is 2.39. The van der Waals surface area contributed by atoms with E-state index in [-0.39, 0.29) is 36.8 Å². The number of amides is 3. The van der Waals surface area contributed by atoms with Crippen LogP contribution < -0.4 is 10.1 Å². The van der Waals surface area contributed by atoms with Crippen LogP contribution in [-0.2, 0) is 22.7 Å². The highest BCUT2D eigenvalue weighted by molar-refractivity contribution is 6.04. The van der Waals surface area contributed by atoms with Gasteiger partial charge in [0.05, 0.1) is 12.1 Å². The first kappa shape index (κ1) is 19.8. The average Bonchev–Trinajstić information content (AvgIpc) is 2.95. The molecule has 1 N–H and O–H groups in total. The monoisotopic (exact) mass is 410 g/mol. The van der Waals surface area contributed by atoms with Gasteiger partial charge in [0.2, 0.25) is 11.8 Å². The Morgan fingerprint density at radius 3 is 2.67 bits per heavy atom. The number of aldehydes is 1. The van der Waals surface area contributed by atoms with Gasteiger partial charge in [0.1, 0.15) is 30.5 Å². The van der Waals surface area contributed by atoms with Gasteiger partial charge in [-0.15, -0.1) is 0 Å². The van der Waals surface area contributed by atoms with Crippen molar-refractivity contribution >= 4 is 24.0 Å². The minimum absolute atomic E-state index is 0.0974. The Hall–Kier alpha value is -3.55. The lowest BCUT2D eigenvalue weighted by Crippen LogP contribution is -2.46. The number of rotatable bonds is 5. The molecule has 0 unspecified atom stereocenters. The smallest absolute Gasteiger partial charge is 0.255 e. The van der Waals surface area contributed by atoms with Crippen LogP contribution in [0, 0.1) is 5.82 Å². The predicted octanol–water partition coefficient (Wildman–Crippen LogP) is 2.37. The second kappa shape index (κ2) is 8.06. The van der Waals surface area contributed by atoms with Crippen molar-refractivity contribution in [2.45, 2.75) is 38.5 Å². The molecule has 0 spiro atoms. The molecular weight excluding hydrogens is 391 g/mol. The van der Waals surface area contributed by atoms with Crippen molar-refractivity contribution in [3.05, 3.63) is 64.5 Å². The Morgan fingerprint density at radius 2 is 1.93 bits per heavy atom. The molecule has 0 bridgehead atoms. The summed E-state index contributed by atoms with van der Waals surface area (Å²) in [6.07, 6.45) is 1.81. The van der Waals surface area contributed by atoms with E-state index >= 15 is 0 Å². The number of nitrogens with zero attached hydrogens (tertiary/aromatic N) is 1. The fourth-order valence-electron chi connectivity index (χ4n) is 3.76. The van der Waals surface area contributed by atoms with Crippen LogP contribution in [0.3, 0.4) is 0 Å². The maximum Gasteiger partial charge on any atom is 0.255 e. The van der Waals surface area contributed by atoms with E-state index in [2.05, 4.69) is 5.32 Å². The molecule has 1 saturated heterocycles. The molecular formula is C22H19FN2O5. The Bertz CT molecular complexity index is 1030. The summed E-state index contributed by atoms with van der Waals surface area (Å²) in [5.74, 6) is -1.72. The molecule has 4 rings (SSSR count). The Labute approximate surface area is 171 Å². The third kappa shape index (κ3) is 3.80. The fourth-order valence-corrected chi connectivity index (χ4v) is 3.76. The van der Waals surface area contributed by atoms with E-state index in [1.165, 1.54) is 11.0 Å². The van der Waals surface area contributed by atoms with E-state index < -0.39 is 23.7 Å². The van der Waals surface area contributed by atoms with Gasteiger partial charge in [-0.25, -0.2) is 4.39 Å². The molecule has 2 aromatic carbocycles. The Kier molecular flexibility index (Phi) is 5.31. The van der Waals surface area contributed by atoms with Crippen LogP contribution in [0.1, 0.15) is 51.1 Å². The molecule has 0 radical (unpaired) electrons. The number of carbonyl (C=O) groups is 4. The molecule has 0 aromatic heterocycles. The lowest BCUT2D eigenvalue weighted by atomic mass is 10.1. The summed E-state index contributed by atoms with van der Waals surface area (Å²) < 4.78 is 19.9. The van der Waals surface area contributed by atoms with Crippen LogP contribution in [-0.4, -0.2) is 34.9 Å². The molecule has 3 amide bonds. The van der Waals surface area contributed by atoms with Gasteiger partial charge in [0, 0.05) is 23.6 Å². The molecule has 7 nitrogen and oxygen atoms in total. The number of benzene rings is 2. The van der Waals surface area contributed by atoms with Crippen LogP contribution in [0.15, 0.2) is 36.4 Å². The van der Waals surface area contributed by atoms with E-state index in [0.717, 1.165) is 17.9 Å². The van der Waals surface area contributed by atoms with Crippen LogP contribution in [0.25, 0.3) is 0 Å². The number of imide groups is 1. The first-order valence-electron chi connectivity index (χ1n) is 9.60. The zero-order valence-electron chi connectivity index (χ0n) is 16.0. The molecule has 1 fully saturated rings. The zero-order valence-corrected chi connectivity index (χ0v) is 16.0. The molecule has 0 saturated carbocycles. The van der Waals surface area contributed by atoms with Crippen molar-refractivity contribution in [3.8, 4) is 5.75 Å². The number of hydrogen-bond acceptors (Lipinski definition) is 5. The number of nitrogens with one attached hydrogen (secondary N) is 1. The molecule has 0 aliphatic carbocycles. The fraction of sp³-hybridized carbons (Fsp3) is 0.273. The van der Waals surface area contributed by atoms with Gasteiger partial charge in [-0.3, -0.25) is 24.5 Å². The summed E-state index contributed by atoms with van der Waals surface area (Å²) in [5, 5.41) is 2.30. The summed E-state index contributed by atoms with van der Waals surface area (Å²) in [6.45, 7) is 0.224. The van der Waals surface area contributed by atoms with Crippen LogP contribution in [0.5, 0.6) is 5.75 Å². The van der Waals surface area contributed by atoms with E-state index in [9.17, 15) is 23.6 Å². The van der Waals surface area contributed by atoms with Crippen LogP contribution in [0.4, 0.5) is 4.39 Å². The largest absolute Gasteiger partial charge is 0.488 e. The molecule has 2 aromatic rings. The van der Waals surface area contributed by atoms with Crippen molar-refractivity contribution in [1.82, 2.24) is 10.2 Å². The standard InChI is InChI=1S/C22H19FN2O5/c23-15-8-16-17(19(9-15)30-12-14-6-4-13(11-26)5-7-14)10-25(22(16)29)18-2-1-3-20(27)24-21(18)28/h4-9,11,18H,1-3,10,12H2,(H,24,27,28)/t18-/m0/s1. The van der Waals surface area contributed by atoms with Gasteiger partial charge in [-0.1, -0.05) is 24.3 Å². The average molecular weight is 410 g/mol. The van der Waals surface area contributed by atoms with Crippen molar-refractivity contribution in [2.24, 2.45) is 0 Å². The maximum atomic E-state index is 14.2. The number of carbonyl (C=O) groups excluding carboxylic acids is 4. The molecule has 2 aliphatic rings. The summed E-state index contributed by atoms with van der Waals surface area (Å²) in [6, 6.07) is 8.33. The van der Waals surface area contributed by atoms with E-state index in [1.54, 1.807) is 24.3 Å². The molecule has 1 atom stereocenters. The zero-order chi connectivity index (χ0) is 21.3. The molecule has 2 heterocycles. The molecule has 154 valence electrons. The van der Waals surface area contributed by atoms with Crippen LogP contribution in [0.2, 0.25) is 0 Å². The first-order chi connectivity index (χ1) is 14.5. The number of halogens is 1. The summed E-state index contributed by atoms with van der Waals surface area (Å²) in [4.78, 5) is 49.0. The Morgan fingerprint density at radius 1 is 1.17 bits per heavy atom. The van der Waals surface area contributed by atoms with Gasteiger partial charge in [-0.05, 0) is 24.5 Å². The highest BCUT2D eigenvalue weighted by atomic mass is 19.1. The summed E-state index contributed by atoms with van der Waals surface area (Å²) in [7, 11) is 0. The van der Waals surface area contributed by atoms with Crippen molar-refractivity contribution in [2.75, 3.05) is 0 Å². The minimum atomic E-state index is -0.789. The SMILES string of the molecule is O=Cc1ccc(COc2cc(F)cc3c2CN([C@H]2CCCC(=O)NC2=O)C3=O)cc1. The van der Waals surface area contributed by atoms with Crippen molar-refractivity contribution < 1.29 is 28.3 Å². The normalized spacial score (nSPS) is 18.6. The van der Waals surface area contributed by atoms with Crippen LogP contribution >= 0.6 is 0 Å². The predicted molar refractivity (Wildman–Crippen MR) is 103 cm³/mol. The maximum absolute atomic E-state index is 14.2. The second-order valence-corrected chi connectivity index (χ2v) is 7.33. The molecule has 8 heteroatoms. The Balaban J connectivity index is 1.56. The van der Waals surface area contributed by atoms with E-state index in [4.69, 9.17) is 4.74 Å². The number of hydrogen-bond donors (Lipinski definition) is 1. The van der Waals surface area contributed by atoms with Gasteiger partial charge >= 0.3 is 0 Å². The number of ether oxygens (including phenoxy) is 1. The van der Waals surface area contributed by atoms with Crippen molar-refractivity contribution in [1.29, 1.82) is 0 Å². The van der Waals surface area contributed by atoms with E-state index in [0.29, 0.717) is 24.0 Å². The quantitative estimate of drug-likeness (QED) is 0.604. The molecule has 2 aliphatic heterocycles. The first-order valence-corrected chi connectivity index (χ1v) is 9.60. The van der Waals surface area contributed by atoms with Gasteiger partial charge in [0.25, 0.3) is 5.91 Å². The van der Waals surface area contributed by atoms with Gasteiger partial charge in [-0.2, -0.15) is 0 Å². The number of fused-ring (bicyclic) bond motifs is 1. The molecule has 30 heavy (non-hydrogen) atoms. The second-order valence-electron chi connectivity index (χ2n) is 7.33.